The van der Waals surface area contributed by atoms with E-state index in [2.05, 4.69) is 16.0 Å². The fourth-order valence-corrected chi connectivity index (χ4v) is 5.87. The molecule has 0 saturated carbocycles. The first kappa shape index (κ1) is 32.8. The van der Waals surface area contributed by atoms with Gasteiger partial charge in [-0.3, -0.25) is 19.2 Å². The third kappa shape index (κ3) is 8.29. The Labute approximate surface area is 262 Å². The van der Waals surface area contributed by atoms with E-state index < -0.39 is 36.0 Å². The summed E-state index contributed by atoms with van der Waals surface area (Å²) in [5, 5.41) is 10.3. The van der Waals surface area contributed by atoms with Crippen LogP contribution in [-0.2, 0) is 25.6 Å². The van der Waals surface area contributed by atoms with E-state index in [4.69, 9.17) is 10.5 Å². The smallest absolute Gasteiger partial charge is 0.246 e. The predicted molar refractivity (Wildman–Crippen MR) is 175 cm³/mol. The molecule has 1 heterocycles. The fourth-order valence-electron chi connectivity index (χ4n) is 5.39. The predicted octanol–water partition coefficient (Wildman–Crippen LogP) is 3.09. The highest BCUT2D eigenvalue weighted by molar-refractivity contribution is 7.98. The number of anilines is 1. The van der Waals surface area contributed by atoms with Crippen molar-refractivity contribution in [2.75, 3.05) is 31.0 Å². The average Bonchev–Trinajstić information content (AvgIpc) is 3.52. The number of ether oxygens (including phenoxy) is 1. The molecule has 3 aromatic rings. The first-order valence-corrected chi connectivity index (χ1v) is 16.2. The van der Waals surface area contributed by atoms with Gasteiger partial charge in [-0.05, 0) is 61.6 Å². The summed E-state index contributed by atoms with van der Waals surface area (Å²) in [7, 11) is 1.57. The highest BCUT2D eigenvalue weighted by atomic mass is 32.2. The van der Waals surface area contributed by atoms with E-state index in [1.807, 2.05) is 66.9 Å². The maximum absolute atomic E-state index is 13.3. The maximum atomic E-state index is 13.3. The van der Waals surface area contributed by atoms with Crippen molar-refractivity contribution < 1.29 is 23.9 Å². The Morgan fingerprint density at radius 1 is 1.02 bits per heavy atom. The van der Waals surface area contributed by atoms with E-state index >= 15 is 0 Å². The number of nitrogens with two attached hydrogens (primary N) is 1. The maximum Gasteiger partial charge on any atom is 0.246 e. The Hall–Kier alpha value is -4.09. The van der Waals surface area contributed by atoms with Gasteiger partial charge in [0, 0.05) is 23.7 Å². The SMILES string of the molecule is COc1cc(NC(=O)C(CCSC)NC(=O)C(C)NC(=O)C2CCCN2C(=O)C(N)Cc2ccccc2)cc2ccccc12. The molecule has 4 amide bonds. The second-order valence-electron chi connectivity index (χ2n) is 10.9. The molecule has 0 bridgehead atoms. The molecular formula is C33H41N5O5S. The Kier molecular flexibility index (Phi) is 11.6. The number of likely N-dealkylation sites (tertiary alicyclic amines) is 1. The van der Waals surface area contributed by atoms with Gasteiger partial charge in [-0.1, -0.05) is 54.6 Å². The van der Waals surface area contributed by atoms with Crippen molar-refractivity contribution in [1.82, 2.24) is 15.5 Å². The number of methoxy groups -OCH3 is 1. The van der Waals surface area contributed by atoms with E-state index in [0.717, 1.165) is 16.3 Å². The number of carbonyl (C=O) groups is 4. The van der Waals surface area contributed by atoms with Crippen LogP contribution in [-0.4, -0.2) is 78.4 Å². The van der Waals surface area contributed by atoms with Crippen LogP contribution in [0.5, 0.6) is 5.75 Å². The normalized spacial score (nSPS) is 16.5. The number of rotatable bonds is 13. The van der Waals surface area contributed by atoms with Crippen LogP contribution in [0.1, 0.15) is 31.7 Å². The Balaban J connectivity index is 1.37. The van der Waals surface area contributed by atoms with Crippen molar-refractivity contribution in [3.8, 4) is 5.75 Å². The number of hydrogen-bond acceptors (Lipinski definition) is 7. The van der Waals surface area contributed by atoms with E-state index in [-0.39, 0.29) is 11.8 Å². The molecule has 5 N–H and O–H groups in total. The number of hydrogen-bond donors (Lipinski definition) is 4. The molecule has 10 nitrogen and oxygen atoms in total. The molecule has 0 spiro atoms. The molecule has 4 rings (SSSR count). The third-order valence-electron chi connectivity index (χ3n) is 7.76. The molecule has 234 valence electrons. The Bertz CT molecular complexity index is 1470. The van der Waals surface area contributed by atoms with Crippen LogP contribution in [0.3, 0.4) is 0 Å². The van der Waals surface area contributed by atoms with Gasteiger partial charge in [-0.25, -0.2) is 0 Å². The molecule has 1 aliphatic heterocycles. The molecular weight excluding hydrogens is 578 g/mol. The van der Waals surface area contributed by atoms with Crippen LogP contribution >= 0.6 is 11.8 Å². The van der Waals surface area contributed by atoms with Crippen molar-refractivity contribution in [2.45, 2.75) is 56.8 Å². The van der Waals surface area contributed by atoms with Gasteiger partial charge in [0.15, 0.2) is 0 Å². The van der Waals surface area contributed by atoms with Gasteiger partial charge in [0.2, 0.25) is 23.6 Å². The highest BCUT2D eigenvalue weighted by Crippen LogP contribution is 2.30. The first-order valence-electron chi connectivity index (χ1n) is 14.8. The summed E-state index contributed by atoms with van der Waals surface area (Å²) in [6, 6.07) is 17.6. The summed E-state index contributed by atoms with van der Waals surface area (Å²) in [4.78, 5) is 54.4. The van der Waals surface area contributed by atoms with Crippen LogP contribution < -0.4 is 26.4 Å². The number of benzene rings is 3. The van der Waals surface area contributed by atoms with Crippen molar-refractivity contribution in [3.05, 3.63) is 72.3 Å². The number of amides is 4. The lowest BCUT2D eigenvalue weighted by Crippen LogP contribution is -2.56. The van der Waals surface area contributed by atoms with Gasteiger partial charge >= 0.3 is 0 Å². The molecule has 1 aliphatic rings. The molecule has 0 aromatic heterocycles. The summed E-state index contributed by atoms with van der Waals surface area (Å²) in [5.41, 5.74) is 7.72. The lowest BCUT2D eigenvalue weighted by molar-refractivity contribution is -0.140. The molecule has 0 radical (unpaired) electrons. The van der Waals surface area contributed by atoms with E-state index in [1.165, 1.54) is 4.90 Å². The summed E-state index contributed by atoms with van der Waals surface area (Å²) < 4.78 is 5.52. The number of nitrogens with zero attached hydrogens (tertiary/aromatic N) is 1. The largest absolute Gasteiger partial charge is 0.496 e. The zero-order valence-corrected chi connectivity index (χ0v) is 26.2. The fraction of sp³-hybridized carbons (Fsp3) is 0.394. The first-order chi connectivity index (χ1) is 21.2. The van der Waals surface area contributed by atoms with Gasteiger partial charge < -0.3 is 31.3 Å². The van der Waals surface area contributed by atoms with E-state index in [9.17, 15) is 19.2 Å². The van der Waals surface area contributed by atoms with Gasteiger partial charge in [-0.15, -0.1) is 0 Å². The van der Waals surface area contributed by atoms with Crippen LogP contribution in [0.4, 0.5) is 5.69 Å². The zero-order chi connectivity index (χ0) is 31.6. The number of carbonyl (C=O) groups excluding carboxylic acids is 4. The Morgan fingerprint density at radius 3 is 2.48 bits per heavy atom. The van der Waals surface area contributed by atoms with Gasteiger partial charge in [0.1, 0.15) is 23.9 Å². The van der Waals surface area contributed by atoms with Crippen molar-refractivity contribution in [2.24, 2.45) is 5.73 Å². The quantitative estimate of drug-likeness (QED) is 0.230. The number of fused-ring (bicyclic) bond motifs is 1. The van der Waals surface area contributed by atoms with Crippen LogP contribution in [0, 0.1) is 0 Å². The molecule has 0 aliphatic carbocycles. The van der Waals surface area contributed by atoms with E-state index in [0.29, 0.717) is 49.4 Å². The summed E-state index contributed by atoms with van der Waals surface area (Å²) in [6.07, 6.45) is 3.84. The molecule has 4 atom stereocenters. The van der Waals surface area contributed by atoms with Crippen molar-refractivity contribution in [1.29, 1.82) is 0 Å². The molecule has 3 aromatic carbocycles. The topological polar surface area (TPSA) is 143 Å². The average molecular weight is 620 g/mol. The van der Waals surface area contributed by atoms with Gasteiger partial charge in [0.25, 0.3) is 0 Å². The second kappa shape index (κ2) is 15.6. The minimum Gasteiger partial charge on any atom is -0.496 e. The summed E-state index contributed by atoms with van der Waals surface area (Å²) in [6.45, 7) is 1.99. The van der Waals surface area contributed by atoms with Crippen LogP contribution in [0.15, 0.2) is 66.7 Å². The number of nitrogens with one attached hydrogen (secondary N) is 3. The van der Waals surface area contributed by atoms with Crippen LogP contribution in [0.2, 0.25) is 0 Å². The van der Waals surface area contributed by atoms with Gasteiger partial charge in [0.05, 0.1) is 13.2 Å². The molecule has 4 unspecified atom stereocenters. The third-order valence-corrected chi connectivity index (χ3v) is 8.41. The molecule has 11 heteroatoms. The standard InChI is InChI=1S/C33H41N5O5S/c1-21(35-32(41)28-14-9-16-38(28)33(42)26(34)18-22-10-5-4-6-11-22)30(39)37-27(15-17-44-3)31(40)36-24-19-23-12-7-8-13-25(23)29(20-24)43-2/h4-8,10-13,19-21,26-28H,9,14-18,34H2,1-3H3,(H,35,41)(H,36,40)(H,37,39). The summed E-state index contributed by atoms with van der Waals surface area (Å²) >= 11 is 1.56. The van der Waals surface area contributed by atoms with Crippen molar-refractivity contribution >= 4 is 51.9 Å². The molecule has 44 heavy (non-hydrogen) atoms. The second-order valence-corrected chi connectivity index (χ2v) is 11.9. The lowest BCUT2D eigenvalue weighted by atomic mass is 10.0. The monoisotopic (exact) mass is 619 g/mol. The summed E-state index contributed by atoms with van der Waals surface area (Å²) in [5.74, 6) is -0.306. The zero-order valence-electron chi connectivity index (χ0n) is 25.4. The molecule has 1 saturated heterocycles. The Morgan fingerprint density at radius 2 is 1.75 bits per heavy atom. The number of thioether (sulfide) groups is 1. The van der Waals surface area contributed by atoms with E-state index in [1.54, 1.807) is 31.9 Å². The lowest BCUT2D eigenvalue weighted by Gasteiger charge is -2.28. The van der Waals surface area contributed by atoms with Gasteiger partial charge in [-0.2, -0.15) is 11.8 Å². The van der Waals surface area contributed by atoms with Crippen molar-refractivity contribution in [3.63, 3.8) is 0 Å². The highest BCUT2D eigenvalue weighted by Gasteiger charge is 2.37. The van der Waals surface area contributed by atoms with Crippen LogP contribution in [0.25, 0.3) is 10.8 Å². The minimum absolute atomic E-state index is 0.289. The minimum atomic E-state index is -0.927. The molecule has 1 fully saturated rings.